The predicted molar refractivity (Wildman–Crippen MR) is 87.8 cm³/mol. The van der Waals surface area contributed by atoms with Crippen LogP contribution in [0.1, 0.15) is 36.8 Å². The third-order valence-electron chi connectivity index (χ3n) is 5.23. The van der Waals surface area contributed by atoms with E-state index in [0.717, 1.165) is 38.4 Å². The lowest BCUT2D eigenvalue weighted by molar-refractivity contribution is 0.128. The number of hydrogen-bond donors (Lipinski definition) is 1. The summed E-state index contributed by atoms with van der Waals surface area (Å²) in [5, 5.41) is 3.79. The van der Waals surface area contributed by atoms with E-state index in [2.05, 4.69) is 38.3 Å². The molecule has 2 fully saturated rings. The Kier molecular flexibility index (Phi) is 3.72. The molecule has 4 rings (SSSR count). The van der Waals surface area contributed by atoms with E-state index in [0.29, 0.717) is 5.54 Å². The minimum atomic E-state index is 0.397. The van der Waals surface area contributed by atoms with E-state index in [4.69, 9.17) is 4.74 Å². The van der Waals surface area contributed by atoms with Crippen LogP contribution in [0.3, 0.4) is 0 Å². The molecule has 1 aromatic rings. The predicted octanol–water partition coefficient (Wildman–Crippen LogP) is 3.10. The van der Waals surface area contributed by atoms with Gasteiger partial charge in [0.2, 0.25) is 0 Å². The Morgan fingerprint density at radius 2 is 2.14 bits per heavy atom. The minimum Gasteiger partial charge on any atom is -0.493 e. The molecule has 1 aliphatic carbocycles. The fourth-order valence-corrected chi connectivity index (χ4v) is 4.82. The first-order valence-electron chi connectivity index (χ1n) is 8.16. The Bertz CT molecular complexity index is 540. The smallest absolute Gasteiger partial charge is 0.127 e. The van der Waals surface area contributed by atoms with Crippen molar-refractivity contribution in [2.45, 2.75) is 44.2 Å². The maximum absolute atomic E-state index is 5.88. The highest BCUT2D eigenvalue weighted by Gasteiger charge is 2.37. The second-order valence-corrected chi connectivity index (χ2v) is 7.69. The van der Waals surface area contributed by atoms with Crippen molar-refractivity contribution in [3.63, 3.8) is 0 Å². The van der Waals surface area contributed by atoms with Gasteiger partial charge >= 0.3 is 0 Å². The van der Waals surface area contributed by atoms with E-state index in [-0.39, 0.29) is 0 Å². The van der Waals surface area contributed by atoms with Crippen LogP contribution in [0, 0.1) is 0 Å². The largest absolute Gasteiger partial charge is 0.493 e. The molecule has 2 heterocycles. The van der Waals surface area contributed by atoms with E-state index < -0.39 is 0 Å². The SMILES string of the molecule is Brc1cc2c(c(CN3CCNC4(CCCC4)C3)c1)OCC2. The molecule has 0 unspecified atom stereocenters. The number of benzene rings is 1. The quantitative estimate of drug-likeness (QED) is 0.886. The number of nitrogens with one attached hydrogen (secondary N) is 1. The summed E-state index contributed by atoms with van der Waals surface area (Å²) >= 11 is 3.65. The lowest BCUT2D eigenvalue weighted by Gasteiger charge is -2.41. The number of piperazine rings is 1. The lowest BCUT2D eigenvalue weighted by Crippen LogP contribution is -2.58. The average molecular weight is 351 g/mol. The Hall–Kier alpha value is -0.580. The van der Waals surface area contributed by atoms with Crippen LogP contribution in [0.5, 0.6) is 5.75 Å². The highest BCUT2D eigenvalue weighted by molar-refractivity contribution is 9.10. The Labute approximate surface area is 135 Å². The molecule has 0 bridgehead atoms. The Morgan fingerprint density at radius 1 is 1.29 bits per heavy atom. The van der Waals surface area contributed by atoms with Gasteiger partial charge in [-0.25, -0.2) is 0 Å². The molecule has 1 spiro atoms. The molecular formula is C17H23BrN2O. The normalized spacial score (nSPS) is 24.2. The van der Waals surface area contributed by atoms with Gasteiger partial charge in [-0.05, 0) is 30.5 Å². The number of hydrogen-bond acceptors (Lipinski definition) is 3. The molecule has 1 aromatic carbocycles. The van der Waals surface area contributed by atoms with Crippen LogP contribution in [0.15, 0.2) is 16.6 Å². The van der Waals surface area contributed by atoms with E-state index in [1.165, 1.54) is 47.8 Å². The zero-order chi connectivity index (χ0) is 14.3. The van der Waals surface area contributed by atoms with Crippen LogP contribution in [0.2, 0.25) is 0 Å². The van der Waals surface area contributed by atoms with Crippen molar-refractivity contribution in [3.05, 3.63) is 27.7 Å². The summed E-state index contributed by atoms with van der Waals surface area (Å²) in [7, 11) is 0. The zero-order valence-corrected chi connectivity index (χ0v) is 14.0. The second kappa shape index (κ2) is 5.56. The summed E-state index contributed by atoms with van der Waals surface area (Å²) < 4.78 is 7.07. The van der Waals surface area contributed by atoms with Crippen molar-refractivity contribution in [2.24, 2.45) is 0 Å². The summed E-state index contributed by atoms with van der Waals surface area (Å²) in [6.07, 6.45) is 6.51. The first kappa shape index (κ1) is 14.0. The van der Waals surface area contributed by atoms with E-state index in [1.807, 2.05) is 0 Å². The van der Waals surface area contributed by atoms with Gasteiger partial charge in [-0.15, -0.1) is 0 Å². The summed E-state index contributed by atoms with van der Waals surface area (Å²) in [6, 6.07) is 4.45. The third-order valence-corrected chi connectivity index (χ3v) is 5.69. The average Bonchev–Trinajstić information content (AvgIpc) is 3.08. The molecule has 3 aliphatic rings. The number of halogens is 1. The van der Waals surface area contributed by atoms with Gasteiger partial charge in [0, 0.05) is 48.2 Å². The summed E-state index contributed by atoms with van der Waals surface area (Å²) in [5.41, 5.74) is 3.12. The molecule has 1 saturated carbocycles. The summed E-state index contributed by atoms with van der Waals surface area (Å²) in [5.74, 6) is 1.15. The second-order valence-electron chi connectivity index (χ2n) is 6.78. The van der Waals surface area contributed by atoms with Crippen molar-refractivity contribution >= 4 is 15.9 Å². The van der Waals surface area contributed by atoms with Crippen molar-refractivity contribution in [1.82, 2.24) is 10.2 Å². The molecule has 3 nitrogen and oxygen atoms in total. The molecular weight excluding hydrogens is 328 g/mol. The fourth-order valence-electron chi connectivity index (χ4n) is 4.27. The van der Waals surface area contributed by atoms with Gasteiger partial charge in [0.15, 0.2) is 0 Å². The summed E-state index contributed by atoms with van der Waals surface area (Å²) in [4.78, 5) is 2.62. The first-order chi connectivity index (χ1) is 10.2. The maximum Gasteiger partial charge on any atom is 0.127 e. The van der Waals surface area contributed by atoms with E-state index in [9.17, 15) is 0 Å². The summed E-state index contributed by atoms with van der Waals surface area (Å²) in [6.45, 7) is 5.31. The number of ether oxygens (including phenoxy) is 1. The maximum atomic E-state index is 5.88. The Morgan fingerprint density at radius 3 is 3.00 bits per heavy atom. The van der Waals surface area contributed by atoms with E-state index >= 15 is 0 Å². The molecule has 2 aliphatic heterocycles. The Balaban J connectivity index is 1.53. The van der Waals surface area contributed by atoms with E-state index in [1.54, 1.807) is 0 Å². The molecule has 0 radical (unpaired) electrons. The van der Waals surface area contributed by atoms with Gasteiger partial charge < -0.3 is 10.1 Å². The fraction of sp³-hybridized carbons (Fsp3) is 0.647. The van der Waals surface area contributed by atoms with Crippen molar-refractivity contribution < 1.29 is 4.74 Å². The molecule has 0 amide bonds. The third kappa shape index (κ3) is 2.73. The topological polar surface area (TPSA) is 24.5 Å². The minimum absolute atomic E-state index is 0.397. The van der Waals surface area contributed by atoms with Crippen molar-refractivity contribution in [1.29, 1.82) is 0 Å². The highest BCUT2D eigenvalue weighted by Crippen LogP contribution is 2.36. The van der Waals surface area contributed by atoms with Crippen LogP contribution in [-0.4, -0.2) is 36.7 Å². The lowest BCUT2D eigenvalue weighted by atomic mass is 9.94. The van der Waals surface area contributed by atoms with Crippen LogP contribution in [-0.2, 0) is 13.0 Å². The molecule has 21 heavy (non-hydrogen) atoms. The highest BCUT2D eigenvalue weighted by atomic mass is 79.9. The van der Waals surface area contributed by atoms with Gasteiger partial charge in [0.1, 0.15) is 5.75 Å². The van der Waals surface area contributed by atoms with Gasteiger partial charge in [-0.1, -0.05) is 28.8 Å². The molecule has 1 saturated heterocycles. The van der Waals surface area contributed by atoms with Crippen LogP contribution < -0.4 is 10.1 Å². The van der Waals surface area contributed by atoms with Crippen molar-refractivity contribution in [2.75, 3.05) is 26.2 Å². The van der Waals surface area contributed by atoms with Crippen LogP contribution in [0.25, 0.3) is 0 Å². The first-order valence-corrected chi connectivity index (χ1v) is 8.95. The van der Waals surface area contributed by atoms with Gasteiger partial charge in [0.25, 0.3) is 0 Å². The molecule has 0 aromatic heterocycles. The standard InChI is InChI=1S/C17H23BrN2O/c18-15-9-13-3-8-21-16(13)14(10-15)11-20-7-6-19-17(12-20)4-1-2-5-17/h9-10,19H,1-8,11-12H2. The van der Waals surface area contributed by atoms with Crippen molar-refractivity contribution in [3.8, 4) is 5.75 Å². The van der Waals surface area contributed by atoms with Crippen LogP contribution >= 0.6 is 15.9 Å². The van der Waals surface area contributed by atoms with Gasteiger partial charge in [-0.2, -0.15) is 0 Å². The molecule has 4 heteroatoms. The molecule has 114 valence electrons. The zero-order valence-electron chi connectivity index (χ0n) is 12.5. The number of rotatable bonds is 2. The monoisotopic (exact) mass is 350 g/mol. The van der Waals surface area contributed by atoms with Gasteiger partial charge in [0.05, 0.1) is 6.61 Å². The van der Waals surface area contributed by atoms with Crippen LogP contribution in [0.4, 0.5) is 0 Å². The molecule has 1 N–H and O–H groups in total. The number of fused-ring (bicyclic) bond motifs is 1. The van der Waals surface area contributed by atoms with Gasteiger partial charge in [-0.3, -0.25) is 4.90 Å². The molecule has 0 atom stereocenters. The number of nitrogens with zero attached hydrogens (tertiary/aromatic N) is 1.